The second-order valence-corrected chi connectivity index (χ2v) is 12.4. The van der Waals surface area contributed by atoms with E-state index in [0.29, 0.717) is 17.2 Å². The fourth-order valence-electron chi connectivity index (χ4n) is 6.80. The first kappa shape index (κ1) is 31.0. The Morgan fingerprint density at radius 3 is 2.40 bits per heavy atom. The second-order valence-electron chi connectivity index (χ2n) is 12.4. The first-order chi connectivity index (χ1) is 20.7. The van der Waals surface area contributed by atoms with Crippen molar-refractivity contribution in [3.8, 4) is 11.1 Å². The maximum absolute atomic E-state index is 13.8. The summed E-state index contributed by atoms with van der Waals surface area (Å²) < 4.78 is 5.67. The van der Waals surface area contributed by atoms with Crippen LogP contribution in [-0.4, -0.2) is 54.7 Å². The number of pyridine rings is 1. The van der Waals surface area contributed by atoms with Gasteiger partial charge in [-0.15, -0.1) is 0 Å². The van der Waals surface area contributed by atoms with Gasteiger partial charge >= 0.3 is 0 Å². The van der Waals surface area contributed by atoms with Crippen molar-refractivity contribution in [3.63, 3.8) is 0 Å². The molecule has 2 aliphatic heterocycles. The van der Waals surface area contributed by atoms with Crippen molar-refractivity contribution < 1.29 is 9.53 Å². The molecular formula is C36H48N4O3. The van der Waals surface area contributed by atoms with E-state index < -0.39 is 0 Å². The maximum atomic E-state index is 13.8. The van der Waals surface area contributed by atoms with Crippen molar-refractivity contribution in [2.45, 2.75) is 85.9 Å². The number of hydrogen-bond donors (Lipinski definition) is 2. The highest BCUT2D eigenvalue weighted by Crippen LogP contribution is 2.34. The van der Waals surface area contributed by atoms with Crippen LogP contribution < -0.4 is 15.8 Å². The van der Waals surface area contributed by atoms with Crippen LogP contribution in [0.1, 0.15) is 82.9 Å². The number of amides is 1. The largest absolute Gasteiger partial charge is 0.381 e. The number of nitrogens with one attached hydrogen (secondary N) is 2. The fraction of sp³-hybridized carbons (Fsp3) is 0.500. The van der Waals surface area contributed by atoms with E-state index >= 15 is 0 Å². The SMILES string of the molecule is CCN(c1cc(-c2ccc(CN3CCCCC3)c(C)c2)cc(C(=O)NCc2c(C)cc(C)[nH]c2=O)c1C)C1CCOCC1. The van der Waals surface area contributed by atoms with Crippen LogP contribution in [0.5, 0.6) is 0 Å². The van der Waals surface area contributed by atoms with Crippen molar-refractivity contribution in [2.24, 2.45) is 0 Å². The topological polar surface area (TPSA) is 77.7 Å². The van der Waals surface area contributed by atoms with Crippen LogP contribution in [-0.2, 0) is 17.8 Å². The Labute approximate surface area is 256 Å². The Morgan fingerprint density at radius 2 is 1.72 bits per heavy atom. The van der Waals surface area contributed by atoms with Gasteiger partial charge in [0.15, 0.2) is 0 Å². The predicted molar refractivity (Wildman–Crippen MR) is 175 cm³/mol. The number of piperidine rings is 1. The molecule has 7 nitrogen and oxygen atoms in total. The molecule has 2 aromatic carbocycles. The molecule has 230 valence electrons. The van der Waals surface area contributed by atoms with Gasteiger partial charge in [0, 0.05) is 61.4 Å². The van der Waals surface area contributed by atoms with Crippen molar-refractivity contribution in [3.05, 3.63) is 85.8 Å². The number of nitrogens with zero attached hydrogens (tertiary/aromatic N) is 2. The van der Waals surface area contributed by atoms with Crippen LogP contribution in [0.25, 0.3) is 11.1 Å². The van der Waals surface area contributed by atoms with E-state index in [4.69, 9.17) is 4.74 Å². The van der Waals surface area contributed by atoms with E-state index in [1.807, 2.05) is 32.9 Å². The van der Waals surface area contributed by atoms with Crippen LogP contribution in [0.3, 0.4) is 0 Å². The van der Waals surface area contributed by atoms with Crippen molar-refractivity contribution in [2.75, 3.05) is 37.7 Å². The van der Waals surface area contributed by atoms with E-state index in [1.54, 1.807) is 0 Å². The molecule has 0 aliphatic carbocycles. The molecule has 2 fully saturated rings. The summed E-state index contributed by atoms with van der Waals surface area (Å²) in [4.78, 5) is 34.3. The number of rotatable bonds is 9. The molecule has 2 aliphatic rings. The average Bonchev–Trinajstić information content (AvgIpc) is 3.00. The quantitative estimate of drug-likeness (QED) is 0.313. The highest BCUT2D eigenvalue weighted by Gasteiger charge is 2.25. The molecule has 7 heteroatoms. The molecule has 1 amide bonds. The molecule has 3 heterocycles. The van der Waals surface area contributed by atoms with Crippen LogP contribution in [0.2, 0.25) is 0 Å². The number of carbonyl (C=O) groups is 1. The van der Waals surface area contributed by atoms with E-state index in [-0.39, 0.29) is 18.0 Å². The lowest BCUT2D eigenvalue weighted by Crippen LogP contribution is -2.40. The van der Waals surface area contributed by atoms with Crippen molar-refractivity contribution >= 4 is 11.6 Å². The van der Waals surface area contributed by atoms with Gasteiger partial charge in [-0.3, -0.25) is 14.5 Å². The third-order valence-electron chi connectivity index (χ3n) is 9.34. The summed E-state index contributed by atoms with van der Waals surface area (Å²) in [7, 11) is 0. The van der Waals surface area contributed by atoms with Gasteiger partial charge in [0.1, 0.15) is 0 Å². The molecule has 5 rings (SSSR count). The molecule has 0 bridgehead atoms. The van der Waals surface area contributed by atoms with E-state index in [9.17, 15) is 9.59 Å². The number of carbonyl (C=O) groups excluding carboxylic acids is 1. The zero-order chi connectivity index (χ0) is 30.5. The summed E-state index contributed by atoms with van der Waals surface area (Å²) in [6.45, 7) is 16.1. The number of benzene rings is 2. The standard InChI is InChI=1S/C36H48N4O3/c1-6-40(31-12-16-43-17-13-31)34-21-30(28-10-11-29(24(2)19-28)23-39-14-8-7-9-15-39)20-32(27(34)5)35(41)37-22-33-25(3)18-26(4)38-36(33)42/h10-11,18-21,31H,6-9,12-17,22-23H2,1-5H3,(H,37,41)(H,38,42). The first-order valence-corrected chi connectivity index (χ1v) is 16.0. The number of likely N-dealkylation sites (tertiary alicyclic amines) is 1. The minimum atomic E-state index is -0.165. The Bertz CT molecular complexity index is 1500. The zero-order valence-electron chi connectivity index (χ0n) is 26.6. The van der Waals surface area contributed by atoms with E-state index in [2.05, 4.69) is 58.2 Å². The maximum Gasteiger partial charge on any atom is 0.253 e. The Morgan fingerprint density at radius 1 is 0.977 bits per heavy atom. The van der Waals surface area contributed by atoms with Crippen molar-refractivity contribution in [1.82, 2.24) is 15.2 Å². The Balaban J connectivity index is 1.49. The monoisotopic (exact) mass is 584 g/mol. The molecule has 0 radical (unpaired) electrons. The van der Waals surface area contributed by atoms with Gasteiger partial charge < -0.3 is 19.9 Å². The van der Waals surface area contributed by atoms with Crippen LogP contribution in [0, 0.1) is 27.7 Å². The lowest BCUT2D eigenvalue weighted by molar-refractivity contribution is 0.0846. The molecule has 0 atom stereocenters. The molecule has 0 unspecified atom stereocenters. The van der Waals surface area contributed by atoms with E-state index in [1.165, 1.54) is 43.5 Å². The minimum absolute atomic E-state index is 0.152. The van der Waals surface area contributed by atoms with Gasteiger partial charge in [-0.25, -0.2) is 0 Å². The highest BCUT2D eigenvalue weighted by molar-refractivity contribution is 5.99. The number of ether oxygens (including phenoxy) is 1. The van der Waals surface area contributed by atoms with Gasteiger partial charge in [0.05, 0.1) is 0 Å². The molecule has 3 aromatic rings. The van der Waals surface area contributed by atoms with Crippen LogP contribution in [0.4, 0.5) is 5.69 Å². The number of aromatic amines is 1. The fourth-order valence-corrected chi connectivity index (χ4v) is 6.80. The Kier molecular flexibility index (Phi) is 10.0. The smallest absolute Gasteiger partial charge is 0.253 e. The van der Waals surface area contributed by atoms with Gasteiger partial charge in [-0.2, -0.15) is 0 Å². The highest BCUT2D eigenvalue weighted by atomic mass is 16.5. The summed E-state index contributed by atoms with van der Waals surface area (Å²) >= 11 is 0. The number of aromatic nitrogens is 1. The lowest BCUT2D eigenvalue weighted by atomic mass is 9.93. The van der Waals surface area contributed by atoms with E-state index in [0.717, 1.165) is 72.8 Å². The summed E-state index contributed by atoms with van der Waals surface area (Å²) in [6.07, 6.45) is 5.85. The van der Waals surface area contributed by atoms with Gasteiger partial charge in [0.25, 0.3) is 11.5 Å². The van der Waals surface area contributed by atoms with Crippen LogP contribution >= 0.6 is 0 Å². The average molecular weight is 585 g/mol. The summed E-state index contributed by atoms with van der Waals surface area (Å²) in [5.74, 6) is -0.165. The van der Waals surface area contributed by atoms with Gasteiger partial charge in [-0.05, 0) is 125 Å². The lowest BCUT2D eigenvalue weighted by Gasteiger charge is -2.37. The molecule has 0 saturated carbocycles. The molecular weight excluding hydrogens is 536 g/mol. The third kappa shape index (κ3) is 7.22. The summed E-state index contributed by atoms with van der Waals surface area (Å²) in [6, 6.07) is 13.3. The third-order valence-corrected chi connectivity index (χ3v) is 9.34. The number of hydrogen-bond acceptors (Lipinski definition) is 5. The van der Waals surface area contributed by atoms with Gasteiger partial charge in [0.2, 0.25) is 0 Å². The molecule has 2 saturated heterocycles. The second kappa shape index (κ2) is 13.9. The van der Waals surface area contributed by atoms with Crippen LogP contribution in [0.15, 0.2) is 41.2 Å². The first-order valence-electron chi connectivity index (χ1n) is 16.0. The molecule has 2 N–H and O–H groups in total. The number of H-pyrrole nitrogens is 1. The summed E-state index contributed by atoms with van der Waals surface area (Å²) in [5, 5.41) is 3.06. The number of anilines is 1. The van der Waals surface area contributed by atoms with Gasteiger partial charge in [-0.1, -0.05) is 24.6 Å². The number of aryl methyl sites for hydroxylation is 3. The molecule has 0 spiro atoms. The predicted octanol–water partition coefficient (Wildman–Crippen LogP) is 6.20. The summed E-state index contributed by atoms with van der Waals surface area (Å²) in [5.41, 5.74) is 9.63. The Hall–Kier alpha value is -3.42. The molecule has 43 heavy (non-hydrogen) atoms. The van der Waals surface area contributed by atoms with Crippen molar-refractivity contribution in [1.29, 1.82) is 0 Å². The minimum Gasteiger partial charge on any atom is -0.381 e. The normalized spacial score (nSPS) is 16.3. The molecule has 1 aromatic heterocycles. The zero-order valence-corrected chi connectivity index (χ0v) is 26.6.